The van der Waals surface area contributed by atoms with Crippen LogP contribution in [0.1, 0.15) is 5.56 Å². The highest BCUT2D eigenvalue weighted by Gasteiger charge is 2.41. The van der Waals surface area contributed by atoms with Gasteiger partial charge in [0.25, 0.3) is 0 Å². The van der Waals surface area contributed by atoms with Crippen LogP contribution in [0.5, 0.6) is 0 Å². The number of nitrogens with one attached hydrogen (secondary N) is 1. The fraction of sp³-hybridized carbons (Fsp3) is 0.545. The van der Waals surface area contributed by atoms with E-state index in [-0.39, 0.29) is 13.0 Å². The molecule has 1 aromatic heterocycles. The van der Waals surface area contributed by atoms with Crippen LogP contribution in [0, 0.1) is 0 Å². The topological polar surface area (TPSA) is 60.2 Å². The molecule has 1 aromatic rings. The maximum Gasteiger partial charge on any atom is 0.330 e. The molecule has 1 heterocycles. The summed E-state index contributed by atoms with van der Waals surface area (Å²) in [5.74, 6) is 1.08. The van der Waals surface area contributed by atoms with Crippen molar-refractivity contribution in [1.29, 1.82) is 0 Å². The lowest BCUT2D eigenvalue weighted by molar-refractivity contribution is -0.167. The second kappa shape index (κ2) is 7.72. The van der Waals surface area contributed by atoms with Crippen molar-refractivity contribution in [2.24, 2.45) is 5.84 Å². The van der Waals surface area contributed by atoms with E-state index < -0.39 is 25.0 Å². The number of alkyl halides is 4. The minimum Gasteiger partial charge on any atom is -0.373 e. The number of hydrogen-bond acceptors (Lipinski definition) is 4. The molecule has 1 unspecified atom stereocenters. The third kappa shape index (κ3) is 5.20. The van der Waals surface area contributed by atoms with Gasteiger partial charge in [0.05, 0.1) is 11.6 Å². The van der Waals surface area contributed by atoms with Gasteiger partial charge in [-0.05, 0) is 18.1 Å². The van der Waals surface area contributed by atoms with E-state index in [0.717, 1.165) is 0 Å². The number of halogens is 5. The second-order valence-electron chi connectivity index (χ2n) is 4.11. The fourth-order valence-electron chi connectivity index (χ4n) is 1.40. The van der Waals surface area contributed by atoms with Gasteiger partial charge in [-0.3, -0.25) is 16.3 Å². The van der Waals surface area contributed by atoms with Gasteiger partial charge < -0.3 is 4.74 Å². The Morgan fingerprint density at radius 2 is 2.15 bits per heavy atom. The molecule has 20 heavy (non-hydrogen) atoms. The van der Waals surface area contributed by atoms with Crippen molar-refractivity contribution in [2.45, 2.75) is 24.8 Å². The third-order valence-electron chi connectivity index (χ3n) is 2.49. The standard InChI is InChI=1S/C11H14ClF4N3O/c12-9-4-18-2-1-7(9)3-8(19-17)5-20-6-11(15,16)10(13)14/h1-2,4,8,10,19H,3,5-6,17H2. The van der Waals surface area contributed by atoms with E-state index in [0.29, 0.717) is 10.6 Å². The van der Waals surface area contributed by atoms with Gasteiger partial charge in [-0.2, -0.15) is 8.78 Å². The molecule has 9 heteroatoms. The summed E-state index contributed by atoms with van der Waals surface area (Å²) in [5.41, 5.74) is 3.05. The predicted octanol–water partition coefficient (Wildman–Crippen LogP) is 2.03. The molecule has 0 saturated carbocycles. The number of rotatable bonds is 8. The lowest BCUT2D eigenvalue weighted by atomic mass is 10.1. The summed E-state index contributed by atoms with van der Waals surface area (Å²) in [7, 11) is 0. The zero-order chi connectivity index (χ0) is 15.2. The summed E-state index contributed by atoms with van der Waals surface area (Å²) < 4.78 is 53.7. The van der Waals surface area contributed by atoms with Crippen LogP contribution in [0.25, 0.3) is 0 Å². The van der Waals surface area contributed by atoms with E-state index in [2.05, 4.69) is 15.1 Å². The van der Waals surface area contributed by atoms with Crippen LogP contribution >= 0.6 is 11.6 Å². The molecule has 0 amide bonds. The second-order valence-corrected chi connectivity index (χ2v) is 4.52. The molecule has 0 radical (unpaired) electrons. The molecular weight excluding hydrogens is 302 g/mol. The van der Waals surface area contributed by atoms with Crippen molar-refractivity contribution < 1.29 is 22.3 Å². The number of hydrogen-bond donors (Lipinski definition) is 2. The average molecular weight is 316 g/mol. The predicted molar refractivity (Wildman–Crippen MR) is 65.8 cm³/mol. The lowest BCUT2D eigenvalue weighted by Crippen LogP contribution is -2.42. The minimum absolute atomic E-state index is 0.253. The molecule has 1 rings (SSSR count). The highest BCUT2D eigenvalue weighted by Crippen LogP contribution is 2.23. The van der Waals surface area contributed by atoms with Gasteiger partial charge in [0.1, 0.15) is 6.61 Å². The zero-order valence-corrected chi connectivity index (χ0v) is 11.1. The van der Waals surface area contributed by atoms with Gasteiger partial charge >= 0.3 is 12.3 Å². The summed E-state index contributed by atoms with van der Waals surface area (Å²) in [5, 5.41) is 0.394. The van der Waals surface area contributed by atoms with Crippen molar-refractivity contribution in [3.63, 3.8) is 0 Å². The quantitative estimate of drug-likeness (QED) is 0.438. The SMILES string of the molecule is NNC(COCC(F)(F)C(F)F)Cc1ccncc1Cl. The average Bonchev–Trinajstić information content (AvgIpc) is 2.39. The van der Waals surface area contributed by atoms with Crippen LogP contribution in [0.2, 0.25) is 5.02 Å². The van der Waals surface area contributed by atoms with E-state index in [9.17, 15) is 17.6 Å². The molecule has 0 aliphatic carbocycles. The molecule has 0 aromatic carbocycles. The lowest BCUT2D eigenvalue weighted by Gasteiger charge is -2.19. The Morgan fingerprint density at radius 3 is 2.70 bits per heavy atom. The maximum absolute atomic E-state index is 12.6. The van der Waals surface area contributed by atoms with Gasteiger partial charge in [0.2, 0.25) is 0 Å². The van der Waals surface area contributed by atoms with E-state index in [1.54, 1.807) is 6.07 Å². The van der Waals surface area contributed by atoms with E-state index in [4.69, 9.17) is 17.4 Å². The number of aromatic nitrogens is 1. The minimum atomic E-state index is -4.17. The number of nitrogens with two attached hydrogens (primary N) is 1. The maximum atomic E-state index is 12.6. The summed E-state index contributed by atoms with van der Waals surface area (Å²) in [4.78, 5) is 3.79. The summed E-state index contributed by atoms with van der Waals surface area (Å²) >= 11 is 5.88. The van der Waals surface area contributed by atoms with E-state index in [1.165, 1.54) is 12.4 Å². The molecule has 0 bridgehead atoms. The summed E-state index contributed by atoms with van der Waals surface area (Å²) in [6.45, 7) is -1.62. The third-order valence-corrected chi connectivity index (χ3v) is 2.83. The molecule has 1 atom stereocenters. The Hall–Kier alpha value is -0.960. The first-order valence-electron chi connectivity index (χ1n) is 5.65. The highest BCUT2D eigenvalue weighted by atomic mass is 35.5. The van der Waals surface area contributed by atoms with Crippen LogP contribution in [0.4, 0.5) is 17.6 Å². The van der Waals surface area contributed by atoms with Crippen LogP contribution < -0.4 is 11.3 Å². The molecular formula is C11H14ClF4N3O. The van der Waals surface area contributed by atoms with Gasteiger partial charge in [-0.1, -0.05) is 11.6 Å². The van der Waals surface area contributed by atoms with E-state index >= 15 is 0 Å². The Kier molecular flexibility index (Phi) is 6.60. The molecule has 3 N–H and O–H groups in total. The monoisotopic (exact) mass is 315 g/mol. The van der Waals surface area contributed by atoms with Crippen molar-refractivity contribution in [2.75, 3.05) is 13.2 Å². The van der Waals surface area contributed by atoms with Crippen LogP contribution in [-0.2, 0) is 11.2 Å². The Bertz CT molecular complexity index is 422. The first kappa shape index (κ1) is 17.1. The van der Waals surface area contributed by atoms with Crippen molar-refractivity contribution >= 4 is 11.6 Å². The zero-order valence-electron chi connectivity index (χ0n) is 10.3. The van der Waals surface area contributed by atoms with Crippen molar-refractivity contribution in [1.82, 2.24) is 10.4 Å². The van der Waals surface area contributed by atoms with Crippen LogP contribution in [0.15, 0.2) is 18.5 Å². The molecule has 114 valence electrons. The van der Waals surface area contributed by atoms with Crippen molar-refractivity contribution in [3.05, 3.63) is 29.0 Å². The van der Waals surface area contributed by atoms with E-state index in [1.807, 2.05) is 0 Å². The molecule has 4 nitrogen and oxygen atoms in total. The Balaban J connectivity index is 2.47. The normalized spacial score (nSPS) is 13.8. The number of ether oxygens (including phenoxy) is 1. The van der Waals surface area contributed by atoms with Gasteiger partial charge in [0, 0.05) is 18.4 Å². The molecule has 0 fully saturated rings. The summed E-state index contributed by atoms with van der Waals surface area (Å²) in [6.07, 6.45) is -0.531. The van der Waals surface area contributed by atoms with Crippen LogP contribution in [-0.4, -0.2) is 36.6 Å². The first-order chi connectivity index (χ1) is 9.36. The Morgan fingerprint density at radius 1 is 1.45 bits per heavy atom. The van der Waals surface area contributed by atoms with Gasteiger partial charge in [-0.15, -0.1) is 0 Å². The molecule has 0 saturated heterocycles. The van der Waals surface area contributed by atoms with Gasteiger partial charge in [0.15, 0.2) is 0 Å². The largest absolute Gasteiger partial charge is 0.373 e. The first-order valence-corrected chi connectivity index (χ1v) is 6.03. The van der Waals surface area contributed by atoms with Crippen molar-refractivity contribution in [3.8, 4) is 0 Å². The number of nitrogens with zero attached hydrogens (tertiary/aromatic N) is 1. The molecule has 0 aliphatic rings. The van der Waals surface area contributed by atoms with Crippen LogP contribution in [0.3, 0.4) is 0 Å². The smallest absolute Gasteiger partial charge is 0.330 e. The highest BCUT2D eigenvalue weighted by molar-refractivity contribution is 6.31. The Labute approximate surface area is 118 Å². The van der Waals surface area contributed by atoms with Gasteiger partial charge in [-0.25, -0.2) is 8.78 Å². The number of hydrazine groups is 1. The number of pyridine rings is 1. The molecule has 0 aliphatic heterocycles. The fourth-order valence-corrected chi connectivity index (χ4v) is 1.60. The summed E-state index contributed by atoms with van der Waals surface area (Å²) in [6, 6.07) is 1.10. The molecule has 0 spiro atoms.